The maximum Gasteiger partial charge on any atom is 0.286 e. The molecule has 0 bridgehead atoms. The fourth-order valence-corrected chi connectivity index (χ4v) is 1.17. The predicted octanol–water partition coefficient (Wildman–Crippen LogP) is 1.37. The zero-order valence-corrected chi connectivity index (χ0v) is 10.2. The number of hydrogen-bond acceptors (Lipinski definition) is 5. The number of methoxy groups -OCH3 is 4. The van der Waals surface area contributed by atoms with Crippen LogP contribution in [0.4, 0.5) is 0 Å². The van der Waals surface area contributed by atoms with Crippen LogP contribution in [0.2, 0.25) is 0 Å². The molecule has 0 aromatic heterocycles. The van der Waals surface area contributed by atoms with Crippen LogP contribution in [0.5, 0.6) is 0 Å². The zero-order valence-electron chi connectivity index (χ0n) is 10.2. The minimum atomic E-state index is -1.09. The first kappa shape index (κ1) is 14.8. The molecule has 1 unspecified atom stereocenters. The quantitative estimate of drug-likeness (QED) is 0.551. The third-order valence-electron chi connectivity index (χ3n) is 2.14. The smallest absolute Gasteiger partial charge is 0.286 e. The van der Waals surface area contributed by atoms with Crippen LogP contribution in [0.25, 0.3) is 0 Å². The van der Waals surface area contributed by atoms with Crippen LogP contribution in [0.15, 0.2) is 0 Å². The van der Waals surface area contributed by atoms with Crippen molar-refractivity contribution < 1.29 is 23.7 Å². The van der Waals surface area contributed by atoms with Crippen molar-refractivity contribution in [1.82, 2.24) is 0 Å². The van der Waals surface area contributed by atoms with Gasteiger partial charge in [0.15, 0.2) is 6.29 Å². The summed E-state index contributed by atoms with van der Waals surface area (Å²) < 4.78 is 26.1. The van der Waals surface area contributed by atoms with Gasteiger partial charge in [0.05, 0.1) is 13.0 Å². The first-order valence-electron chi connectivity index (χ1n) is 4.97. The van der Waals surface area contributed by atoms with Gasteiger partial charge in [-0.1, -0.05) is 6.92 Å². The summed E-state index contributed by atoms with van der Waals surface area (Å²) in [7, 11) is 6.26. The molecule has 0 aromatic rings. The van der Waals surface area contributed by atoms with Gasteiger partial charge in [0.2, 0.25) is 0 Å². The van der Waals surface area contributed by atoms with Crippen LogP contribution in [0.1, 0.15) is 19.8 Å². The highest BCUT2D eigenvalue weighted by molar-refractivity contribution is 4.57. The summed E-state index contributed by atoms with van der Waals surface area (Å²) in [5.74, 6) is -1.09. The van der Waals surface area contributed by atoms with E-state index in [2.05, 4.69) is 0 Å². The molecule has 1 atom stereocenters. The number of ether oxygens (including phenoxy) is 5. The molecule has 15 heavy (non-hydrogen) atoms. The molecular weight excluding hydrogens is 200 g/mol. The van der Waals surface area contributed by atoms with Gasteiger partial charge in [0.25, 0.3) is 5.97 Å². The largest absolute Gasteiger partial charge is 0.384 e. The van der Waals surface area contributed by atoms with E-state index in [0.717, 1.165) is 6.42 Å². The average molecular weight is 222 g/mol. The third-order valence-corrected chi connectivity index (χ3v) is 2.14. The highest BCUT2D eigenvalue weighted by Crippen LogP contribution is 2.21. The Morgan fingerprint density at radius 2 is 1.67 bits per heavy atom. The SMILES string of the molecule is CCC(OC)OC(CCOC)(OC)OC. The summed E-state index contributed by atoms with van der Waals surface area (Å²) in [6, 6.07) is 0. The molecular formula is C10H22O5. The zero-order chi connectivity index (χ0) is 11.7. The molecule has 92 valence electrons. The molecule has 0 aliphatic carbocycles. The van der Waals surface area contributed by atoms with E-state index in [1.165, 1.54) is 14.2 Å². The Labute approximate surface area is 91.6 Å². The second-order valence-electron chi connectivity index (χ2n) is 3.03. The normalized spacial score (nSPS) is 14.2. The molecule has 0 radical (unpaired) electrons. The van der Waals surface area contributed by atoms with E-state index in [1.54, 1.807) is 14.2 Å². The lowest BCUT2D eigenvalue weighted by molar-refractivity contribution is -0.406. The van der Waals surface area contributed by atoms with Gasteiger partial charge in [-0.05, 0) is 6.42 Å². The van der Waals surface area contributed by atoms with Crippen LogP contribution in [-0.4, -0.2) is 47.3 Å². The van der Waals surface area contributed by atoms with E-state index in [-0.39, 0.29) is 6.29 Å². The highest BCUT2D eigenvalue weighted by atomic mass is 16.9. The minimum absolute atomic E-state index is 0.346. The Bertz CT molecular complexity index is 143. The Hall–Kier alpha value is -0.200. The van der Waals surface area contributed by atoms with Gasteiger partial charge in [-0.2, -0.15) is 0 Å². The maximum atomic E-state index is 5.59. The first-order valence-corrected chi connectivity index (χ1v) is 4.97. The second-order valence-corrected chi connectivity index (χ2v) is 3.03. The van der Waals surface area contributed by atoms with Crippen LogP contribution >= 0.6 is 0 Å². The maximum absolute atomic E-state index is 5.59. The van der Waals surface area contributed by atoms with Crippen LogP contribution in [0, 0.1) is 0 Å². The van der Waals surface area contributed by atoms with Crippen LogP contribution in [-0.2, 0) is 23.7 Å². The Morgan fingerprint density at radius 1 is 1.07 bits per heavy atom. The molecule has 0 aromatic carbocycles. The standard InChI is InChI=1S/C10H22O5/c1-6-9(12-3)15-10(13-4,14-5)7-8-11-2/h9H,6-8H2,1-5H3. The van der Waals surface area contributed by atoms with Gasteiger partial charge in [0, 0.05) is 28.4 Å². The molecule has 0 rings (SSSR count). The summed E-state index contributed by atoms with van der Waals surface area (Å²) >= 11 is 0. The highest BCUT2D eigenvalue weighted by Gasteiger charge is 2.33. The number of rotatable bonds is 9. The monoisotopic (exact) mass is 222 g/mol. The van der Waals surface area contributed by atoms with Gasteiger partial charge < -0.3 is 18.9 Å². The average Bonchev–Trinajstić information content (AvgIpc) is 2.30. The van der Waals surface area contributed by atoms with E-state index in [9.17, 15) is 0 Å². The molecule has 0 spiro atoms. The topological polar surface area (TPSA) is 46.2 Å². The molecule has 0 aliphatic rings. The lowest BCUT2D eigenvalue weighted by Crippen LogP contribution is -2.42. The Balaban J connectivity index is 4.32. The van der Waals surface area contributed by atoms with Gasteiger partial charge >= 0.3 is 0 Å². The van der Waals surface area contributed by atoms with E-state index < -0.39 is 5.97 Å². The lowest BCUT2D eigenvalue weighted by atomic mass is 10.3. The van der Waals surface area contributed by atoms with Crippen molar-refractivity contribution in [1.29, 1.82) is 0 Å². The fourth-order valence-electron chi connectivity index (χ4n) is 1.17. The van der Waals surface area contributed by atoms with E-state index >= 15 is 0 Å². The third kappa shape index (κ3) is 4.90. The summed E-state index contributed by atoms with van der Waals surface area (Å²) in [5, 5.41) is 0. The van der Waals surface area contributed by atoms with E-state index in [1.807, 2.05) is 6.92 Å². The molecule has 0 saturated heterocycles. The van der Waals surface area contributed by atoms with Crippen molar-refractivity contribution >= 4 is 0 Å². The van der Waals surface area contributed by atoms with Crippen LogP contribution in [0.3, 0.4) is 0 Å². The molecule has 0 amide bonds. The van der Waals surface area contributed by atoms with Crippen molar-refractivity contribution in [2.75, 3.05) is 35.0 Å². The van der Waals surface area contributed by atoms with Gasteiger partial charge in [-0.25, -0.2) is 0 Å². The number of hydrogen-bond donors (Lipinski definition) is 0. The summed E-state index contributed by atoms with van der Waals surface area (Å²) in [6.07, 6.45) is 0.857. The van der Waals surface area contributed by atoms with Crippen molar-refractivity contribution in [3.63, 3.8) is 0 Å². The molecule has 0 aliphatic heterocycles. The van der Waals surface area contributed by atoms with Gasteiger partial charge in [-0.15, -0.1) is 0 Å². The van der Waals surface area contributed by atoms with Crippen molar-refractivity contribution in [3.05, 3.63) is 0 Å². The molecule has 0 fully saturated rings. The molecule has 5 heteroatoms. The van der Waals surface area contributed by atoms with Crippen molar-refractivity contribution in [3.8, 4) is 0 Å². The summed E-state index contributed by atoms with van der Waals surface area (Å²) in [5.41, 5.74) is 0. The molecule has 0 heterocycles. The van der Waals surface area contributed by atoms with E-state index in [0.29, 0.717) is 13.0 Å². The minimum Gasteiger partial charge on any atom is -0.384 e. The second kappa shape index (κ2) is 8.01. The molecule has 5 nitrogen and oxygen atoms in total. The van der Waals surface area contributed by atoms with Crippen molar-refractivity contribution in [2.45, 2.75) is 32.0 Å². The van der Waals surface area contributed by atoms with Gasteiger partial charge in [-0.3, -0.25) is 4.74 Å². The fraction of sp³-hybridized carbons (Fsp3) is 1.00. The molecule has 0 saturated carbocycles. The van der Waals surface area contributed by atoms with E-state index in [4.69, 9.17) is 23.7 Å². The molecule has 0 N–H and O–H groups in total. The predicted molar refractivity (Wildman–Crippen MR) is 55.4 cm³/mol. The van der Waals surface area contributed by atoms with Crippen molar-refractivity contribution in [2.24, 2.45) is 0 Å². The summed E-state index contributed by atoms with van der Waals surface area (Å²) in [6.45, 7) is 2.45. The Kier molecular flexibility index (Phi) is 7.90. The first-order chi connectivity index (χ1) is 7.17. The Morgan fingerprint density at radius 3 is 2.00 bits per heavy atom. The summed E-state index contributed by atoms with van der Waals surface area (Å²) in [4.78, 5) is 0. The van der Waals surface area contributed by atoms with Crippen LogP contribution < -0.4 is 0 Å². The van der Waals surface area contributed by atoms with Gasteiger partial charge in [0.1, 0.15) is 0 Å². The lowest BCUT2D eigenvalue weighted by Gasteiger charge is -2.33.